The van der Waals surface area contributed by atoms with E-state index in [9.17, 15) is 13.2 Å². The summed E-state index contributed by atoms with van der Waals surface area (Å²) in [5.41, 5.74) is 1.58. The number of sulfonamides is 1. The molecule has 0 unspecified atom stereocenters. The summed E-state index contributed by atoms with van der Waals surface area (Å²) in [6, 6.07) is 13.0. The molecule has 1 aliphatic rings. The molecule has 3 rings (SSSR count). The second-order valence-corrected chi connectivity index (χ2v) is 11.1. The minimum atomic E-state index is -3.73. The third-order valence-corrected chi connectivity index (χ3v) is 6.92. The molecule has 1 heterocycles. The average Bonchev–Trinajstić information content (AvgIpc) is 2.70. The summed E-state index contributed by atoms with van der Waals surface area (Å²) in [7, 11) is -3.73. The van der Waals surface area contributed by atoms with Crippen molar-refractivity contribution in [2.24, 2.45) is 5.14 Å². The Hall–Kier alpha value is -1.65. The number of hydrogen-bond acceptors (Lipinski definition) is 5. The molecule has 2 atom stereocenters. The van der Waals surface area contributed by atoms with Crippen molar-refractivity contribution in [3.05, 3.63) is 63.1 Å². The van der Waals surface area contributed by atoms with Gasteiger partial charge in [0.2, 0.25) is 10.0 Å². The Morgan fingerprint density at radius 3 is 2.50 bits per heavy atom. The van der Waals surface area contributed by atoms with Gasteiger partial charge in [-0.1, -0.05) is 39.7 Å². The van der Waals surface area contributed by atoms with Crippen LogP contribution in [-0.2, 0) is 27.1 Å². The SMILES string of the molecule is C[C@@H]1CN(Cc2ccc(Cl)cc2)[C@@H](C)CN1C(=O)COc1ccc(Br)cc1CS(N)(=O)=O. The van der Waals surface area contributed by atoms with Crippen LogP contribution in [0.15, 0.2) is 46.9 Å². The van der Waals surface area contributed by atoms with E-state index in [1.807, 2.05) is 36.1 Å². The van der Waals surface area contributed by atoms with E-state index in [2.05, 4.69) is 27.8 Å². The lowest BCUT2D eigenvalue weighted by Crippen LogP contribution is -2.58. The first-order chi connectivity index (χ1) is 15.0. The molecule has 32 heavy (non-hydrogen) atoms. The highest BCUT2D eigenvalue weighted by molar-refractivity contribution is 9.10. The van der Waals surface area contributed by atoms with E-state index in [0.29, 0.717) is 27.4 Å². The van der Waals surface area contributed by atoms with Crippen LogP contribution in [0.1, 0.15) is 25.0 Å². The van der Waals surface area contributed by atoms with E-state index in [4.69, 9.17) is 21.5 Å². The number of nitrogens with two attached hydrogens (primary N) is 1. The largest absolute Gasteiger partial charge is 0.483 e. The highest BCUT2D eigenvalue weighted by atomic mass is 79.9. The second kappa shape index (κ2) is 10.5. The van der Waals surface area contributed by atoms with Crippen LogP contribution < -0.4 is 9.88 Å². The fourth-order valence-corrected chi connectivity index (χ4v) is 5.02. The van der Waals surface area contributed by atoms with Gasteiger partial charge in [-0.3, -0.25) is 9.69 Å². The van der Waals surface area contributed by atoms with Crippen molar-refractivity contribution in [1.82, 2.24) is 9.80 Å². The number of carbonyl (C=O) groups excluding carboxylic acids is 1. The number of nitrogens with zero attached hydrogens (tertiary/aromatic N) is 2. The van der Waals surface area contributed by atoms with Crippen LogP contribution in [-0.4, -0.2) is 55.9 Å². The Balaban J connectivity index is 1.61. The summed E-state index contributed by atoms with van der Waals surface area (Å²) in [5.74, 6) is -0.176. The van der Waals surface area contributed by atoms with Gasteiger partial charge in [0.1, 0.15) is 5.75 Å². The lowest BCUT2D eigenvalue weighted by atomic mass is 10.1. The predicted octanol–water partition coefficient (Wildman–Crippen LogP) is 3.39. The molecule has 2 aromatic rings. The molecule has 2 N–H and O–H groups in total. The fraction of sp³-hybridized carbons (Fsp3) is 0.409. The van der Waals surface area contributed by atoms with Gasteiger partial charge < -0.3 is 9.64 Å². The van der Waals surface area contributed by atoms with E-state index < -0.39 is 10.0 Å². The number of ether oxygens (including phenoxy) is 1. The number of halogens is 2. The zero-order chi connectivity index (χ0) is 23.5. The van der Waals surface area contributed by atoms with Crippen molar-refractivity contribution in [2.75, 3.05) is 19.7 Å². The zero-order valence-corrected chi connectivity index (χ0v) is 21.2. The van der Waals surface area contributed by atoms with Gasteiger partial charge in [0.15, 0.2) is 6.61 Å². The van der Waals surface area contributed by atoms with Gasteiger partial charge in [0.25, 0.3) is 5.91 Å². The molecule has 7 nitrogen and oxygen atoms in total. The first-order valence-corrected chi connectivity index (χ1v) is 13.1. The number of rotatable bonds is 7. The Kier molecular flexibility index (Phi) is 8.21. The van der Waals surface area contributed by atoms with E-state index in [1.165, 1.54) is 5.56 Å². The summed E-state index contributed by atoms with van der Waals surface area (Å²) in [5, 5.41) is 5.89. The number of amides is 1. The maximum Gasteiger partial charge on any atom is 0.260 e. The first-order valence-electron chi connectivity index (χ1n) is 10.2. The average molecular weight is 545 g/mol. The van der Waals surface area contributed by atoms with Crippen molar-refractivity contribution in [3.8, 4) is 5.75 Å². The van der Waals surface area contributed by atoms with Gasteiger partial charge in [0, 0.05) is 46.8 Å². The lowest BCUT2D eigenvalue weighted by molar-refractivity contribution is -0.139. The molecule has 0 radical (unpaired) electrons. The number of carbonyl (C=O) groups is 1. The Morgan fingerprint density at radius 1 is 1.16 bits per heavy atom. The molecular weight excluding hydrogens is 518 g/mol. The third kappa shape index (κ3) is 6.92. The highest BCUT2D eigenvalue weighted by Crippen LogP contribution is 2.25. The van der Waals surface area contributed by atoms with Crippen LogP contribution in [0.4, 0.5) is 0 Å². The number of piperazine rings is 1. The summed E-state index contributed by atoms with van der Waals surface area (Å²) >= 11 is 9.29. The van der Waals surface area contributed by atoms with Gasteiger partial charge in [-0.05, 0) is 49.7 Å². The quantitative estimate of drug-likeness (QED) is 0.577. The Labute approximate surface area is 202 Å². The van der Waals surface area contributed by atoms with Crippen LogP contribution in [0.5, 0.6) is 5.75 Å². The van der Waals surface area contributed by atoms with Crippen molar-refractivity contribution in [1.29, 1.82) is 0 Å². The minimum Gasteiger partial charge on any atom is -0.483 e. The Morgan fingerprint density at radius 2 is 1.84 bits per heavy atom. The van der Waals surface area contributed by atoms with Crippen LogP contribution in [0.3, 0.4) is 0 Å². The summed E-state index contributed by atoms with van der Waals surface area (Å²) in [6.07, 6.45) is 0. The minimum absolute atomic E-state index is 0.0170. The number of benzene rings is 2. The molecule has 174 valence electrons. The molecule has 1 aliphatic heterocycles. The molecule has 0 saturated carbocycles. The first kappa shape index (κ1) is 25.0. The zero-order valence-electron chi connectivity index (χ0n) is 18.0. The van der Waals surface area contributed by atoms with Gasteiger partial charge >= 0.3 is 0 Å². The maximum absolute atomic E-state index is 12.9. The Bertz CT molecular complexity index is 1070. The molecule has 0 aliphatic carbocycles. The third-order valence-electron chi connectivity index (χ3n) is 5.46. The molecule has 2 aromatic carbocycles. The normalized spacial score (nSPS) is 19.7. The molecule has 0 bridgehead atoms. The molecule has 1 amide bonds. The molecule has 1 saturated heterocycles. The summed E-state index contributed by atoms with van der Waals surface area (Å²) < 4.78 is 29.5. The van der Waals surface area contributed by atoms with Gasteiger partial charge in [-0.2, -0.15) is 0 Å². The summed E-state index contributed by atoms with van der Waals surface area (Å²) in [6.45, 7) is 6.06. The van der Waals surface area contributed by atoms with E-state index in [-0.39, 0.29) is 30.4 Å². The monoisotopic (exact) mass is 543 g/mol. The van der Waals surface area contributed by atoms with Crippen molar-refractivity contribution in [2.45, 2.75) is 38.2 Å². The predicted molar refractivity (Wildman–Crippen MR) is 129 cm³/mol. The molecule has 1 fully saturated rings. The van der Waals surface area contributed by atoms with Crippen LogP contribution in [0, 0.1) is 0 Å². The lowest BCUT2D eigenvalue weighted by Gasteiger charge is -2.44. The summed E-state index contributed by atoms with van der Waals surface area (Å²) in [4.78, 5) is 17.1. The molecular formula is C22H27BrClN3O4S. The van der Waals surface area contributed by atoms with Gasteiger partial charge in [0.05, 0.1) is 5.75 Å². The van der Waals surface area contributed by atoms with Crippen LogP contribution in [0.25, 0.3) is 0 Å². The molecule has 0 spiro atoms. The van der Waals surface area contributed by atoms with Crippen molar-refractivity contribution in [3.63, 3.8) is 0 Å². The van der Waals surface area contributed by atoms with Crippen molar-refractivity contribution < 1.29 is 17.9 Å². The number of hydrogen-bond donors (Lipinski definition) is 1. The smallest absolute Gasteiger partial charge is 0.260 e. The fourth-order valence-electron chi connectivity index (χ4n) is 3.83. The topological polar surface area (TPSA) is 92.9 Å². The second-order valence-electron chi connectivity index (χ2n) is 8.15. The number of primary sulfonamides is 1. The van der Waals surface area contributed by atoms with E-state index in [1.54, 1.807) is 18.2 Å². The molecule has 10 heteroatoms. The van der Waals surface area contributed by atoms with E-state index in [0.717, 1.165) is 13.1 Å². The maximum atomic E-state index is 12.9. The van der Waals surface area contributed by atoms with Crippen molar-refractivity contribution >= 4 is 43.5 Å². The van der Waals surface area contributed by atoms with Gasteiger partial charge in [-0.15, -0.1) is 0 Å². The van der Waals surface area contributed by atoms with Gasteiger partial charge in [-0.25, -0.2) is 13.6 Å². The van der Waals surface area contributed by atoms with E-state index >= 15 is 0 Å². The standard InChI is InChI=1S/C22H27BrClN3O4S/c1-15-11-27(16(2)10-26(15)12-17-3-6-20(24)7-4-17)22(28)13-31-21-8-5-19(23)9-18(21)14-32(25,29)30/h3-9,15-16H,10-14H2,1-2H3,(H2,25,29,30)/t15-,16+/m0/s1. The van der Waals surface area contributed by atoms with Crippen LogP contribution >= 0.6 is 27.5 Å². The van der Waals surface area contributed by atoms with Crippen LogP contribution in [0.2, 0.25) is 5.02 Å². The highest BCUT2D eigenvalue weighted by Gasteiger charge is 2.32. The molecule has 0 aromatic heterocycles.